The van der Waals surface area contributed by atoms with E-state index in [2.05, 4.69) is 65.7 Å². The standard InChI is InChI=1S/C15H26Br2O4Si/c1-9(18)21-14-10(7-11(19)12(16)13(14)17)8-20-22(5,6)15(2,3)4/h7,11-14,19H,8H2,1-6H3/t11-,12+,13-,14-/m1/s1. The molecule has 1 N–H and O–H groups in total. The summed E-state index contributed by atoms with van der Waals surface area (Å²) in [5.41, 5.74) is 0.810. The van der Waals surface area contributed by atoms with Gasteiger partial charge in [-0.15, -0.1) is 0 Å². The highest BCUT2D eigenvalue weighted by Gasteiger charge is 2.41. The monoisotopic (exact) mass is 456 g/mol. The van der Waals surface area contributed by atoms with Gasteiger partial charge < -0.3 is 14.3 Å². The lowest BCUT2D eigenvalue weighted by molar-refractivity contribution is -0.145. The molecule has 0 amide bonds. The van der Waals surface area contributed by atoms with Crippen LogP contribution in [-0.2, 0) is 14.0 Å². The van der Waals surface area contributed by atoms with Gasteiger partial charge in [-0.3, -0.25) is 4.79 Å². The maximum Gasteiger partial charge on any atom is 0.303 e. The Labute approximate surface area is 151 Å². The molecule has 22 heavy (non-hydrogen) atoms. The SMILES string of the molecule is CC(=O)O[C@@H]1C(CO[Si](C)(C)C(C)(C)C)=C[C@@H](O)[C@H](Br)[C@H]1Br. The first-order chi connectivity index (χ1) is 9.86. The molecule has 0 radical (unpaired) electrons. The molecule has 0 heterocycles. The number of hydrogen-bond acceptors (Lipinski definition) is 4. The molecule has 0 unspecified atom stereocenters. The highest BCUT2D eigenvalue weighted by molar-refractivity contribution is 9.12. The van der Waals surface area contributed by atoms with E-state index < -0.39 is 20.5 Å². The van der Waals surface area contributed by atoms with Gasteiger partial charge in [0.1, 0.15) is 6.10 Å². The number of carbonyl (C=O) groups is 1. The van der Waals surface area contributed by atoms with E-state index in [-0.39, 0.29) is 20.7 Å². The van der Waals surface area contributed by atoms with Crippen LogP contribution in [0.25, 0.3) is 0 Å². The number of aliphatic hydroxyl groups is 1. The van der Waals surface area contributed by atoms with Crippen LogP contribution in [0.2, 0.25) is 18.1 Å². The number of ether oxygens (including phenoxy) is 1. The van der Waals surface area contributed by atoms with E-state index in [1.807, 2.05) is 0 Å². The lowest BCUT2D eigenvalue weighted by atomic mass is 9.94. The Hall–Kier alpha value is 0.307. The molecule has 7 heteroatoms. The molecular weight excluding hydrogens is 432 g/mol. The molecule has 0 aliphatic heterocycles. The number of aliphatic hydroxyl groups excluding tert-OH is 1. The Kier molecular flexibility index (Phi) is 6.91. The van der Waals surface area contributed by atoms with Gasteiger partial charge in [0, 0.05) is 6.92 Å². The summed E-state index contributed by atoms with van der Waals surface area (Å²) in [6.45, 7) is 12.6. The molecule has 0 aromatic heterocycles. The first-order valence-electron chi connectivity index (χ1n) is 7.35. The lowest BCUT2D eigenvalue weighted by Crippen LogP contribution is -2.47. The fourth-order valence-electron chi connectivity index (χ4n) is 1.90. The summed E-state index contributed by atoms with van der Waals surface area (Å²) in [4.78, 5) is 11.0. The minimum Gasteiger partial charge on any atom is -0.457 e. The molecule has 0 spiro atoms. The lowest BCUT2D eigenvalue weighted by Gasteiger charge is -2.39. The topological polar surface area (TPSA) is 55.8 Å². The van der Waals surface area contributed by atoms with Gasteiger partial charge in [-0.25, -0.2) is 0 Å². The van der Waals surface area contributed by atoms with E-state index in [9.17, 15) is 9.90 Å². The van der Waals surface area contributed by atoms with Crippen LogP contribution in [0.4, 0.5) is 0 Å². The highest BCUT2D eigenvalue weighted by Crippen LogP contribution is 2.38. The number of hydrogen-bond donors (Lipinski definition) is 1. The van der Waals surface area contributed by atoms with Crippen LogP contribution in [-0.4, -0.2) is 47.9 Å². The van der Waals surface area contributed by atoms with E-state index >= 15 is 0 Å². The van der Waals surface area contributed by atoms with Crippen LogP contribution in [0, 0.1) is 0 Å². The zero-order chi connectivity index (χ0) is 17.3. The third kappa shape index (κ3) is 4.90. The van der Waals surface area contributed by atoms with E-state index in [0.29, 0.717) is 6.61 Å². The molecule has 0 aromatic carbocycles. The predicted octanol–water partition coefficient (Wildman–Crippen LogP) is 3.77. The van der Waals surface area contributed by atoms with Crippen LogP contribution in [0.5, 0.6) is 0 Å². The van der Waals surface area contributed by atoms with E-state index in [1.165, 1.54) is 6.92 Å². The minimum atomic E-state index is -1.91. The van der Waals surface area contributed by atoms with Gasteiger partial charge in [-0.05, 0) is 29.8 Å². The number of carbonyl (C=O) groups excluding carboxylic acids is 1. The summed E-state index contributed by atoms with van der Waals surface area (Å²) in [5, 5.41) is 10.2. The molecule has 1 rings (SSSR count). The second-order valence-corrected chi connectivity index (χ2v) is 14.1. The molecule has 4 nitrogen and oxygen atoms in total. The Morgan fingerprint density at radius 2 is 1.86 bits per heavy atom. The van der Waals surface area contributed by atoms with Gasteiger partial charge in [0.15, 0.2) is 8.32 Å². The summed E-state index contributed by atoms with van der Waals surface area (Å²) >= 11 is 6.95. The van der Waals surface area contributed by atoms with Crippen molar-refractivity contribution in [3.63, 3.8) is 0 Å². The average Bonchev–Trinajstić information content (AvgIpc) is 2.36. The number of alkyl halides is 2. The second-order valence-electron chi connectivity index (χ2n) is 7.20. The molecule has 4 atom stereocenters. The van der Waals surface area contributed by atoms with E-state index in [4.69, 9.17) is 9.16 Å². The van der Waals surface area contributed by atoms with Crippen molar-refractivity contribution < 1.29 is 19.1 Å². The van der Waals surface area contributed by atoms with Crippen LogP contribution in [0.1, 0.15) is 27.7 Å². The van der Waals surface area contributed by atoms with Gasteiger partial charge in [-0.1, -0.05) is 52.6 Å². The summed E-state index contributed by atoms with van der Waals surface area (Å²) in [6.07, 6.45) is 0.655. The zero-order valence-electron chi connectivity index (χ0n) is 14.0. The fraction of sp³-hybridized carbons (Fsp3) is 0.800. The maximum absolute atomic E-state index is 11.4. The third-order valence-corrected chi connectivity index (χ3v) is 11.7. The highest BCUT2D eigenvalue weighted by atomic mass is 79.9. The van der Waals surface area contributed by atoms with E-state index in [1.54, 1.807) is 6.08 Å². The Morgan fingerprint density at radius 1 is 1.32 bits per heavy atom. The van der Waals surface area contributed by atoms with Gasteiger partial charge in [0.2, 0.25) is 0 Å². The third-order valence-electron chi connectivity index (χ3n) is 4.37. The minimum absolute atomic E-state index is 0.101. The van der Waals surface area contributed by atoms with Crippen molar-refractivity contribution in [2.24, 2.45) is 0 Å². The number of esters is 1. The molecular formula is C15H26Br2O4Si. The van der Waals surface area contributed by atoms with Crippen molar-refractivity contribution in [2.45, 2.75) is 67.7 Å². The maximum atomic E-state index is 11.4. The number of rotatable bonds is 4. The summed E-state index contributed by atoms with van der Waals surface area (Å²) in [5.74, 6) is -0.344. The first-order valence-corrected chi connectivity index (χ1v) is 12.1. The van der Waals surface area contributed by atoms with Crippen molar-refractivity contribution in [3.8, 4) is 0 Å². The van der Waals surface area contributed by atoms with Crippen molar-refractivity contribution in [1.82, 2.24) is 0 Å². The van der Waals surface area contributed by atoms with Crippen molar-refractivity contribution in [3.05, 3.63) is 11.6 Å². The van der Waals surface area contributed by atoms with Crippen molar-refractivity contribution in [2.75, 3.05) is 6.61 Å². The van der Waals surface area contributed by atoms with Crippen molar-refractivity contribution >= 4 is 46.1 Å². The fourth-order valence-corrected chi connectivity index (χ4v) is 4.05. The molecule has 1 aliphatic rings. The largest absolute Gasteiger partial charge is 0.457 e. The normalized spacial score (nSPS) is 30.0. The Bertz CT molecular complexity index is 445. The second kappa shape index (κ2) is 7.47. The summed E-state index contributed by atoms with van der Waals surface area (Å²) in [6, 6.07) is 0. The van der Waals surface area contributed by atoms with Gasteiger partial charge in [0.05, 0.1) is 22.4 Å². The van der Waals surface area contributed by atoms with Gasteiger partial charge >= 0.3 is 5.97 Å². The van der Waals surface area contributed by atoms with Gasteiger partial charge in [-0.2, -0.15) is 0 Å². The molecule has 0 saturated heterocycles. The Balaban J connectivity index is 2.93. The molecule has 0 fully saturated rings. The number of halogens is 2. The summed E-state index contributed by atoms with van der Waals surface area (Å²) < 4.78 is 11.6. The first kappa shape index (κ1) is 20.4. The quantitative estimate of drug-likeness (QED) is 0.302. The average molecular weight is 458 g/mol. The molecule has 0 aromatic rings. The molecule has 128 valence electrons. The Morgan fingerprint density at radius 3 is 2.32 bits per heavy atom. The van der Waals surface area contributed by atoms with E-state index in [0.717, 1.165) is 5.57 Å². The predicted molar refractivity (Wildman–Crippen MR) is 98.2 cm³/mol. The van der Waals surface area contributed by atoms with Gasteiger partial charge in [0.25, 0.3) is 0 Å². The molecule has 0 bridgehead atoms. The molecule has 1 aliphatic carbocycles. The zero-order valence-corrected chi connectivity index (χ0v) is 18.2. The van der Waals surface area contributed by atoms with Crippen LogP contribution < -0.4 is 0 Å². The van der Waals surface area contributed by atoms with Crippen LogP contribution in [0.3, 0.4) is 0 Å². The smallest absolute Gasteiger partial charge is 0.303 e. The van der Waals surface area contributed by atoms with Crippen molar-refractivity contribution in [1.29, 1.82) is 0 Å². The van der Waals surface area contributed by atoms with Crippen LogP contribution >= 0.6 is 31.9 Å². The summed E-state index contributed by atoms with van der Waals surface area (Å²) in [7, 11) is -1.91. The molecule has 0 saturated carbocycles. The van der Waals surface area contributed by atoms with Crippen LogP contribution in [0.15, 0.2) is 11.6 Å².